The van der Waals surface area contributed by atoms with Gasteiger partial charge in [0.1, 0.15) is 5.25 Å². The molecule has 0 radical (unpaired) electrons. The van der Waals surface area contributed by atoms with Crippen molar-refractivity contribution in [1.82, 2.24) is 0 Å². The van der Waals surface area contributed by atoms with Crippen LogP contribution in [0.2, 0.25) is 0 Å². The highest BCUT2D eigenvalue weighted by Gasteiger charge is 2.44. The van der Waals surface area contributed by atoms with Crippen molar-refractivity contribution in [3.63, 3.8) is 0 Å². The van der Waals surface area contributed by atoms with Crippen LogP contribution in [0.25, 0.3) is 0 Å². The Labute approximate surface area is 106 Å². The van der Waals surface area contributed by atoms with Crippen LogP contribution >= 0.6 is 0 Å². The molecular formula is C10H13NO5S2. The van der Waals surface area contributed by atoms with E-state index in [-0.39, 0.29) is 5.75 Å². The highest BCUT2D eigenvalue weighted by atomic mass is 32.2. The minimum Gasteiger partial charge on any atom is -0.380 e. The van der Waals surface area contributed by atoms with Gasteiger partial charge in [0.25, 0.3) is 10.1 Å². The predicted octanol–water partition coefficient (Wildman–Crippen LogP) is 0.152. The van der Waals surface area contributed by atoms with Gasteiger partial charge in [0.15, 0.2) is 9.84 Å². The van der Waals surface area contributed by atoms with Crippen molar-refractivity contribution in [1.29, 1.82) is 0 Å². The first-order valence-corrected chi connectivity index (χ1v) is 8.59. The van der Waals surface area contributed by atoms with Gasteiger partial charge in [-0.1, -0.05) is 18.2 Å². The van der Waals surface area contributed by atoms with Crippen LogP contribution < -0.4 is 5.32 Å². The number of rotatable bonds is 3. The maximum absolute atomic E-state index is 11.5. The average molecular weight is 291 g/mol. The molecule has 0 aromatic heterocycles. The zero-order valence-corrected chi connectivity index (χ0v) is 11.0. The third-order valence-electron chi connectivity index (χ3n) is 2.81. The van der Waals surface area contributed by atoms with Crippen LogP contribution in [-0.2, 0) is 20.0 Å². The first-order chi connectivity index (χ1) is 8.28. The molecule has 100 valence electrons. The Bertz CT molecular complexity index is 623. The van der Waals surface area contributed by atoms with Gasteiger partial charge in [-0.2, -0.15) is 8.42 Å². The third-order valence-corrected chi connectivity index (χ3v) is 6.01. The Hall–Kier alpha value is -1.12. The number of hydrogen-bond donors (Lipinski definition) is 2. The maximum Gasteiger partial charge on any atom is 0.270 e. The Balaban J connectivity index is 2.26. The minimum atomic E-state index is -4.38. The van der Waals surface area contributed by atoms with Gasteiger partial charge in [0.05, 0.1) is 17.5 Å². The first-order valence-electron chi connectivity index (χ1n) is 5.26. The molecule has 0 bridgehead atoms. The summed E-state index contributed by atoms with van der Waals surface area (Å²) in [6.07, 6.45) is 0. The molecule has 0 aliphatic carbocycles. The molecule has 0 amide bonds. The summed E-state index contributed by atoms with van der Waals surface area (Å²) in [5.41, 5.74) is 0.619. The summed E-state index contributed by atoms with van der Waals surface area (Å²) in [7, 11) is -7.83. The van der Waals surface area contributed by atoms with Crippen LogP contribution in [0.3, 0.4) is 0 Å². The fourth-order valence-electron chi connectivity index (χ4n) is 1.99. The van der Waals surface area contributed by atoms with E-state index in [9.17, 15) is 16.8 Å². The lowest BCUT2D eigenvalue weighted by Crippen LogP contribution is -2.37. The topological polar surface area (TPSA) is 101 Å². The Kier molecular flexibility index (Phi) is 3.35. The van der Waals surface area contributed by atoms with Crippen molar-refractivity contribution in [3.8, 4) is 0 Å². The van der Waals surface area contributed by atoms with E-state index in [1.807, 2.05) is 0 Å². The van der Waals surface area contributed by atoms with E-state index >= 15 is 0 Å². The molecule has 2 rings (SSSR count). The van der Waals surface area contributed by atoms with Crippen LogP contribution in [0.4, 0.5) is 5.69 Å². The average Bonchev–Trinajstić information content (AvgIpc) is 2.55. The molecule has 1 aromatic rings. The fourth-order valence-corrected chi connectivity index (χ4v) is 5.73. The molecule has 1 aliphatic heterocycles. The lowest BCUT2D eigenvalue weighted by molar-refractivity contribution is 0.467. The van der Waals surface area contributed by atoms with Crippen molar-refractivity contribution in [2.75, 3.05) is 16.8 Å². The van der Waals surface area contributed by atoms with Crippen molar-refractivity contribution < 1.29 is 21.4 Å². The number of nitrogens with one attached hydrogen (secondary N) is 1. The molecule has 2 N–H and O–H groups in total. The molecule has 18 heavy (non-hydrogen) atoms. The summed E-state index contributed by atoms with van der Waals surface area (Å²) in [4.78, 5) is 0. The third kappa shape index (κ3) is 3.01. The molecule has 1 aromatic carbocycles. The van der Waals surface area contributed by atoms with Crippen LogP contribution in [0.5, 0.6) is 0 Å². The molecule has 0 saturated carbocycles. The Morgan fingerprint density at radius 2 is 1.78 bits per heavy atom. The lowest BCUT2D eigenvalue weighted by Gasteiger charge is -2.18. The van der Waals surface area contributed by atoms with Crippen molar-refractivity contribution >= 4 is 25.6 Å². The normalized spacial score (nSPS) is 26.9. The molecule has 1 heterocycles. The number of sulfone groups is 1. The van der Waals surface area contributed by atoms with Gasteiger partial charge in [0.2, 0.25) is 0 Å². The second kappa shape index (κ2) is 4.52. The molecule has 1 aliphatic rings. The summed E-state index contributed by atoms with van der Waals surface area (Å²) in [6, 6.07) is 7.85. The molecule has 1 fully saturated rings. The summed E-state index contributed by atoms with van der Waals surface area (Å²) in [5.74, 6) is -0.845. The standard InChI is InChI=1S/C10H13NO5S2/c12-17(13)6-9(10(7-17)18(14,15)16)11-8-4-2-1-3-5-8/h1-5,9-11H,6-7H2,(H,14,15,16)/t9-,10+/m0/s1. The number of anilines is 1. The molecule has 2 atom stereocenters. The van der Waals surface area contributed by atoms with Crippen LogP contribution in [-0.4, -0.2) is 44.2 Å². The highest BCUT2D eigenvalue weighted by molar-refractivity contribution is 7.94. The summed E-state index contributed by atoms with van der Waals surface area (Å²) in [5, 5.41) is 1.52. The van der Waals surface area contributed by atoms with Crippen molar-refractivity contribution in [2.24, 2.45) is 0 Å². The zero-order chi connectivity index (χ0) is 13.4. The van der Waals surface area contributed by atoms with Crippen LogP contribution in [0.1, 0.15) is 0 Å². The van der Waals surface area contributed by atoms with Gasteiger partial charge in [-0.15, -0.1) is 0 Å². The second-order valence-corrected chi connectivity index (χ2v) is 8.04. The van der Waals surface area contributed by atoms with Gasteiger partial charge in [-0.25, -0.2) is 8.42 Å². The van der Waals surface area contributed by atoms with Crippen molar-refractivity contribution in [3.05, 3.63) is 30.3 Å². The second-order valence-electron chi connectivity index (χ2n) is 4.25. The largest absolute Gasteiger partial charge is 0.380 e. The molecule has 0 unspecified atom stereocenters. The Morgan fingerprint density at radius 3 is 2.33 bits per heavy atom. The van der Waals surface area contributed by atoms with Crippen molar-refractivity contribution in [2.45, 2.75) is 11.3 Å². The number of hydrogen-bond acceptors (Lipinski definition) is 5. The quantitative estimate of drug-likeness (QED) is 0.769. The number of para-hydroxylation sites is 1. The summed E-state index contributed by atoms with van der Waals surface area (Å²) in [6.45, 7) is 0. The van der Waals surface area contributed by atoms with Gasteiger partial charge in [0, 0.05) is 5.69 Å². The minimum absolute atomic E-state index is 0.299. The predicted molar refractivity (Wildman–Crippen MR) is 67.8 cm³/mol. The fraction of sp³-hybridized carbons (Fsp3) is 0.400. The molecule has 6 nitrogen and oxygen atoms in total. The van der Waals surface area contributed by atoms with Crippen LogP contribution in [0, 0.1) is 0 Å². The number of benzene rings is 1. The van der Waals surface area contributed by atoms with E-state index in [2.05, 4.69) is 5.32 Å². The molecule has 8 heteroatoms. The van der Waals surface area contributed by atoms with E-state index in [0.717, 1.165) is 0 Å². The smallest absolute Gasteiger partial charge is 0.270 e. The monoisotopic (exact) mass is 291 g/mol. The van der Waals surface area contributed by atoms with Gasteiger partial charge in [-0.3, -0.25) is 4.55 Å². The zero-order valence-electron chi connectivity index (χ0n) is 9.35. The molecule has 0 spiro atoms. The van der Waals surface area contributed by atoms with E-state index < -0.39 is 37.0 Å². The van der Waals surface area contributed by atoms with Gasteiger partial charge < -0.3 is 5.32 Å². The SMILES string of the molecule is O=S1(=O)C[C@H](Nc2ccccc2)[C@H](S(=O)(=O)O)C1. The maximum atomic E-state index is 11.5. The highest BCUT2D eigenvalue weighted by Crippen LogP contribution is 2.22. The van der Waals surface area contributed by atoms with Gasteiger partial charge in [-0.05, 0) is 12.1 Å². The summed E-state index contributed by atoms with van der Waals surface area (Å²) < 4.78 is 54.4. The summed E-state index contributed by atoms with van der Waals surface area (Å²) >= 11 is 0. The van der Waals surface area contributed by atoms with E-state index in [1.54, 1.807) is 30.3 Å². The molecule has 1 saturated heterocycles. The van der Waals surface area contributed by atoms with E-state index in [4.69, 9.17) is 4.55 Å². The molecular weight excluding hydrogens is 278 g/mol. The van der Waals surface area contributed by atoms with Gasteiger partial charge >= 0.3 is 0 Å². The first kappa shape index (κ1) is 13.3. The lowest BCUT2D eigenvalue weighted by atomic mass is 10.2. The van der Waals surface area contributed by atoms with E-state index in [0.29, 0.717) is 5.69 Å². The van der Waals surface area contributed by atoms with E-state index in [1.165, 1.54) is 0 Å². The Morgan fingerprint density at radius 1 is 1.17 bits per heavy atom. The van der Waals surface area contributed by atoms with Crippen LogP contribution in [0.15, 0.2) is 30.3 Å².